The number of aliphatic hydroxyl groups is 1. The molecule has 3 N–H and O–H groups in total. The van der Waals surface area contributed by atoms with Crippen LogP contribution in [0, 0.1) is 0 Å². The zero-order valence-electron chi connectivity index (χ0n) is 12.7. The molecular weight excluding hydrogens is 270 g/mol. The van der Waals surface area contributed by atoms with Crippen molar-refractivity contribution in [2.45, 2.75) is 39.3 Å². The van der Waals surface area contributed by atoms with E-state index in [-0.39, 0.29) is 0 Å². The number of hydrogen-bond acceptors (Lipinski definition) is 7. The van der Waals surface area contributed by atoms with Gasteiger partial charge in [0.1, 0.15) is 6.33 Å². The van der Waals surface area contributed by atoms with Crippen LogP contribution in [0.15, 0.2) is 18.7 Å². The summed E-state index contributed by atoms with van der Waals surface area (Å²) in [4.78, 5) is 17.0. The summed E-state index contributed by atoms with van der Waals surface area (Å²) in [6.07, 6.45) is 4.47. The third kappa shape index (κ3) is 3.66. The molecule has 8 heteroatoms. The van der Waals surface area contributed by atoms with Crippen LogP contribution in [0.5, 0.6) is 0 Å². The summed E-state index contributed by atoms with van der Waals surface area (Å²) < 4.78 is 1.70. The Bertz CT molecular complexity index is 580. The van der Waals surface area contributed by atoms with Gasteiger partial charge in [-0.2, -0.15) is 15.0 Å². The van der Waals surface area contributed by atoms with Crippen LogP contribution in [0.4, 0.5) is 11.9 Å². The molecule has 8 nitrogen and oxygen atoms in total. The van der Waals surface area contributed by atoms with Gasteiger partial charge in [0.25, 0.3) is 0 Å². The first-order valence-corrected chi connectivity index (χ1v) is 6.87. The standard InChI is InChI=1S/C13H21N7O/c1-5-15-10-16-11(19-13(3,4)9(2)21)18-12(17-10)20-7-6-14-8-20/h6-9,21H,5H2,1-4H3,(H2,15,16,17,18,19). The summed E-state index contributed by atoms with van der Waals surface area (Å²) in [6.45, 7) is 8.15. The molecule has 2 aromatic rings. The highest BCUT2D eigenvalue weighted by Crippen LogP contribution is 2.17. The molecule has 2 aromatic heterocycles. The number of anilines is 2. The van der Waals surface area contributed by atoms with Crippen LogP contribution in [0.25, 0.3) is 5.95 Å². The van der Waals surface area contributed by atoms with E-state index in [1.807, 2.05) is 20.8 Å². The Kier molecular flexibility index (Phi) is 4.37. The zero-order valence-corrected chi connectivity index (χ0v) is 12.7. The minimum atomic E-state index is -0.562. The van der Waals surface area contributed by atoms with Crippen LogP contribution >= 0.6 is 0 Å². The second kappa shape index (κ2) is 6.04. The predicted octanol–water partition coefficient (Wildman–Crippen LogP) is 1.06. The van der Waals surface area contributed by atoms with Crippen molar-refractivity contribution in [3.63, 3.8) is 0 Å². The van der Waals surface area contributed by atoms with Gasteiger partial charge in [-0.25, -0.2) is 4.98 Å². The fourth-order valence-corrected chi connectivity index (χ4v) is 1.54. The van der Waals surface area contributed by atoms with E-state index in [1.54, 1.807) is 30.2 Å². The molecule has 2 heterocycles. The van der Waals surface area contributed by atoms with Crippen molar-refractivity contribution < 1.29 is 5.11 Å². The SMILES string of the molecule is CCNc1nc(NC(C)(C)C(C)O)nc(-n2ccnc2)n1. The van der Waals surface area contributed by atoms with E-state index in [0.29, 0.717) is 24.4 Å². The maximum atomic E-state index is 9.80. The lowest BCUT2D eigenvalue weighted by molar-refractivity contribution is 0.132. The first-order chi connectivity index (χ1) is 9.92. The highest BCUT2D eigenvalue weighted by molar-refractivity contribution is 5.39. The molecule has 0 aromatic carbocycles. The molecule has 114 valence electrons. The van der Waals surface area contributed by atoms with Gasteiger partial charge in [0.15, 0.2) is 0 Å². The van der Waals surface area contributed by atoms with Gasteiger partial charge in [0.2, 0.25) is 17.8 Å². The van der Waals surface area contributed by atoms with E-state index in [9.17, 15) is 5.11 Å². The van der Waals surface area contributed by atoms with Crippen LogP contribution in [0.2, 0.25) is 0 Å². The Morgan fingerprint density at radius 3 is 2.57 bits per heavy atom. The Balaban J connectivity index is 2.36. The number of nitrogens with one attached hydrogen (secondary N) is 2. The van der Waals surface area contributed by atoms with Crippen molar-refractivity contribution in [1.82, 2.24) is 24.5 Å². The molecule has 0 spiro atoms. The maximum absolute atomic E-state index is 9.80. The van der Waals surface area contributed by atoms with Gasteiger partial charge >= 0.3 is 0 Å². The molecule has 0 fully saturated rings. The van der Waals surface area contributed by atoms with E-state index < -0.39 is 11.6 Å². The largest absolute Gasteiger partial charge is 0.391 e. The van der Waals surface area contributed by atoms with Crippen LogP contribution in [0.3, 0.4) is 0 Å². The van der Waals surface area contributed by atoms with Gasteiger partial charge in [-0.15, -0.1) is 0 Å². The molecule has 2 rings (SSSR count). The van der Waals surface area contributed by atoms with Crippen LogP contribution in [-0.4, -0.2) is 47.8 Å². The second-order valence-corrected chi connectivity index (χ2v) is 5.31. The first-order valence-electron chi connectivity index (χ1n) is 6.87. The Labute approximate surface area is 123 Å². The molecule has 0 aliphatic rings. The summed E-state index contributed by atoms with van der Waals surface area (Å²) >= 11 is 0. The summed E-state index contributed by atoms with van der Waals surface area (Å²) in [5.41, 5.74) is -0.558. The first kappa shape index (κ1) is 15.2. The molecule has 1 atom stereocenters. The summed E-state index contributed by atoms with van der Waals surface area (Å²) in [5, 5.41) is 16.0. The Morgan fingerprint density at radius 1 is 1.29 bits per heavy atom. The monoisotopic (exact) mass is 291 g/mol. The van der Waals surface area contributed by atoms with E-state index >= 15 is 0 Å². The number of rotatable bonds is 6. The molecule has 0 aliphatic heterocycles. The molecule has 0 radical (unpaired) electrons. The van der Waals surface area contributed by atoms with Gasteiger partial charge in [-0.05, 0) is 27.7 Å². The lowest BCUT2D eigenvalue weighted by Crippen LogP contribution is -2.42. The maximum Gasteiger partial charge on any atom is 0.241 e. The smallest absolute Gasteiger partial charge is 0.241 e. The fourth-order valence-electron chi connectivity index (χ4n) is 1.54. The van der Waals surface area contributed by atoms with Crippen molar-refractivity contribution in [3.8, 4) is 5.95 Å². The molecular formula is C13H21N7O. The third-order valence-electron chi connectivity index (χ3n) is 3.17. The summed E-state index contributed by atoms with van der Waals surface area (Å²) in [5.74, 6) is 1.33. The van der Waals surface area contributed by atoms with Gasteiger partial charge in [-0.3, -0.25) is 4.57 Å². The van der Waals surface area contributed by atoms with Crippen LogP contribution < -0.4 is 10.6 Å². The molecule has 0 aliphatic carbocycles. The van der Waals surface area contributed by atoms with E-state index in [4.69, 9.17) is 0 Å². The number of aliphatic hydroxyl groups excluding tert-OH is 1. The normalized spacial score (nSPS) is 13.0. The third-order valence-corrected chi connectivity index (χ3v) is 3.17. The minimum absolute atomic E-state index is 0.399. The molecule has 0 saturated heterocycles. The summed E-state index contributed by atoms with van der Waals surface area (Å²) in [7, 11) is 0. The van der Waals surface area contributed by atoms with Gasteiger partial charge in [-0.1, -0.05) is 0 Å². The highest BCUT2D eigenvalue weighted by atomic mass is 16.3. The van der Waals surface area contributed by atoms with Crippen LogP contribution in [-0.2, 0) is 0 Å². The topological polar surface area (TPSA) is 101 Å². The lowest BCUT2D eigenvalue weighted by Gasteiger charge is -2.29. The van der Waals surface area contributed by atoms with Crippen molar-refractivity contribution in [2.75, 3.05) is 17.2 Å². The summed E-state index contributed by atoms with van der Waals surface area (Å²) in [6, 6.07) is 0. The number of imidazole rings is 1. The highest BCUT2D eigenvalue weighted by Gasteiger charge is 2.25. The van der Waals surface area contributed by atoms with Gasteiger partial charge < -0.3 is 15.7 Å². The number of nitrogens with zero attached hydrogens (tertiary/aromatic N) is 5. The van der Waals surface area contributed by atoms with Gasteiger partial charge in [0, 0.05) is 18.9 Å². The van der Waals surface area contributed by atoms with Crippen molar-refractivity contribution in [1.29, 1.82) is 0 Å². The Morgan fingerprint density at radius 2 is 2.00 bits per heavy atom. The van der Waals surface area contributed by atoms with Gasteiger partial charge in [0.05, 0.1) is 11.6 Å². The van der Waals surface area contributed by atoms with Crippen molar-refractivity contribution >= 4 is 11.9 Å². The molecule has 0 amide bonds. The lowest BCUT2D eigenvalue weighted by atomic mass is 9.99. The van der Waals surface area contributed by atoms with Crippen molar-refractivity contribution in [3.05, 3.63) is 18.7 Å². The molecule has 21 heavy (non-hydrogen) atoms. The second-order valence-electron chi connectivity index (χ2n) is 5.31. The average molecular weight is 291 g/mol. The van der Waals surface area contributed by atoms with E-state index in [1.165, 1.54) is 0 Å². The fraction of sp³-hybridized carbons (Fsp3) is 0.538. The van der Waals surface area contributed by atoms with E-state index in [0.717, 1.165) is 0 Å². The molecule has 1 unspecified atom stereocenters. The quantitative estimate of drug-likeness (QED) is 0.731. The molecule has 0 bridgehead atoms. The van der Waals surface area contributed by atoms with Crippen LogP contribution in [0.1, 0.15) is 27.7 Å². The van der Waals surface area contributed by atoms with Crippen molar-refractivity contribution in [2.24, 2.45) is 0 Å². The minimum Gasteiger partial charge on any atom is -0.391 e. The zero-order chi connectivity index (χ0) is 15.5. The molecule has 0 saturated carbocycles. The number of aromatic nitrogens is 5. The average Bonchev–Trinajstić information content (AvgIpc) is 2.92. The van der Waals surface area contributed by atoms with E-state index in [2.05, 4.69) is 30.6 Å². The Hall–Kier alpha value is -2.22. The predicted molar refractivity (Wildman–Crippen MR) is 80.5 cm³/mol. The number of hydrogen-bond donors (Lipinski definition) is 3.